The fourth-order valence-corrected chi connectivity index (χ4v) is 3.91. The van der Waals surface area contributed by atoms with Gasteiger partial charge in [0.2, 0.25) is 11.8 Å². The number of carbonyl (C=O) groups excluding carboxylic acids is 2. The normalized spacial score (nSPS) is 24.0. The van der Waals surface area contributed by atoms with E-state index in [1.54, 1.807) is 12.1 Å². The summed E-state index contributed by atoms with van der Waals surface area (Å²) in [7, 11) is 0. The van der Waals surface area contributed by atoms with Crippen LogP contribution in [-0.4, -0.2) is 73.0 Å². The molecule has 1 N–H and O–H groups in total. The molecule has 3 aliphatic rings. The Balaban J connectivity index is 1.29. The minimum Gasteiger partial charge on any atom is -0.352 e. The van der Waals surface area contributed by atoms with Crippen molar-refractivity contribution in [2.24, 2.45) is 0 Å². The summed E-state index contributed by atoms with van der Waals surface area (Å²) in [6.45, 7) is 4.43. The van der Waals surface area contributed by atoms with Gasteiger partial charge in [0, 0.05) is 44.5 Å². The Morgan fingerprint density at radius 2 is 1.78 bits per heavy atom. The Bertz CT molecular complexity index is 745. The first-order valence-electron chi connectivity index (χ1n) is 9.71. The molecule has 142 valence electrons. The number of nitriles is 1. The third-order valence-electron chi connectivity index (χ3n) is 5.64. The second kappa shape index (κ2) is 7.67. The van der Waals surface area contributed by atoms with Gasteiger partial charge in [0.25, 0.3) is 0 Å². The average molecular weight is 367 g/mol. The van der Waals surface area contributed by atoms with Crippen LogP contribution < -0.4 is 10.2 Å². The lowest BCUT2D eigenvalue weighted by atomic mass is 10.1. The zero-order valence-electron chi connectivity index (χ0n) is 15.4. The van der Waals surface area contributed by atoms with E-state index in [0.29, 0.717) is 24.7 Å². The lowest BCUT2D eigenvalue weighted by Gasteiger charge is -2.36. The molecule has 7 nitrogen and oxygen atoms in total. The van der Waals surface area contributed by atoms with Gasteiger partial charge in [-0.1, -0.05) is 0 Å². The molecule has 1 aromatic carbocycles. The van der Waals surface area contributed by atoms with Crippen LogP contribution in [0, 0.1) is 11.3 Å². The van der Waals surface area contributed by atoms with Crippen LogP contribution in [0.2, 0.25) is 0 Å². The number of rotatable bonds is 5. The van der Waals surface area contributed by atoms with Crippen molar-refractivity contribution in [1.82, 2.24) is 15.1 Å². The number of nitrogens with zero attached hydrogens (tertiary/aromatic N) is 4. The van der Waals surface area contributed by atoms with Gasteiger partial charge in [0.1, 0.15) is 0 Å². The summed E-state index contributed by atoms with van der Waals surface area (Å²) in [4.78, 5) is 31.1. The number of benzene rings is 1. The average Bonchev–Trinajstić information content (AvgIpc) is 3.42. The molecule has 1 saturated carbocycles. The minimum atomic E-state index is -0.0805. The number of hydrogen-bond donors (Lipinski definition) is 1. The second-order valence-corrected chi connectivity index (χ2v) is 7.61. The minimum absolute atomic E-state index is 0.0805. The van der Waals surface area contributed by atoms with E-state index in [0.717, 1.165) is 51.1 Å². The predicted octanol–water partition coefficient (Wildman–Crippen LogP) is 0.560. The molecule has 2 aliphatic heterocycles. The maximum absolute atomic E-state index is 12.9. The third kappa shape index (κ3) is 4.12. The molecule has 2 saturated heterocycles. The smallest absolute Gasteiger partial charge is 0.244 e. The summed E-state index contributed by atoms with van der Waals surface area (Å²) in [6.07, 6.45) is 3.04. The van der Waals surface area contributed by atoms with Gasteiger partial charge in [-0.25, -0.2) is 0 Å². The Morgan fingerprint density at radius 1 is 1.07 bits per heavy atom. The quantitative estimate of drug-likeness (QED) is 0.823. The molecule has 2 heterocycles. The number of hydrogen-bond acceptors (Lipinski definition) is 5. The van der Waals surface area contributed by atoms with Gasteiger partial charge in [0.05, 0.1) is 24.2 Å². The van der Waals surface area contributed by atoms with Crippen molar-refractivity contribution in [2.75, 3.05) is 44.2 Å². The molecule has 1 unspecified atom stereocenters. The van der Waals surface area contributed by atoms with Crippen molar-refractivity contribution in [3.63, 3.8) is 0 Å². The Labute approximate surface area is 159 Å². The Kier molecular flexibility index (Phi) is 5.10. The predicted molar refractivity (Wildman–Crippen MR) is 101 cm³/mol. The molecule has 4 rings (SSSR count). The van der Waals surface area contributed by atoms with Gasteiger partial charge in [0.15, 0.2) is 0 Å². The maximum Gasteiger partial charge on any atom is 0.244 e. The van der Waals surface area contributed by atoms with Crippen molar-refractivity contribution in [3.8, 4) is 6.07 Å². The molecule has 2 amide bonds. The summed E-state index contributed by atoms with van der Waals surface area (Å²) in [5.74, 6) is 0.259. The largest absolute Gasteiger partial charge is 0.352 e. The monoisotopic (exact) mass is 367 g/mol. The van der Waals surface area contributed by atoms with Gasteiger partial charge in [-0.15, -0.1) is 0 Å². The van der Waals surface area contributed by atoms with Crippen LogP contribution in [0.1, 0.15) is 24.8 Å². The fraction of sp³-hybridized carbons (Fsp3) is 0.550. The molecule has 0 spiro atoms. The fourth-order valence-electron chi connectivity index (χ4n) is 3.91. The van der Waals surface area contributed by atoms with E-state index in [1.165, 1.54) is 0 Å². The van der Waals surface area contributed by atoms with Crippen LogP contribution in [0.3, 0.4) is 0 Å². The van der Waals surface area contributed by atoms with Gasteiger partial charge >= 0.3 is 0 Å². The standard InChI is InChI=1S/C20H25N5O2/c21-13-15-1-5-17(6-2-15)25-8-7-18(20(25)27)24-11-9-23(10-12-24)14-19(26)22-16-3-4-16/h1-2,5-6,16,18H,3-4,7-12,14H2,(H,22,26). The summed E-state index contributed by atoms with van der Waals surface area (Å²) in [6, 6.07) is 9.62. The van der Waals surface area contributed by atoms with E-state index in [-0.39, 0.29) is 17.9 Å². The summed E-state index contributed by atoms with van der Waals surface area (Å²) < 4.78 is 0. The van der Waals surface area contributed by atoms with Crippen LogP contribution >= 0.6 is 0 Å². The van der Waals surface area contributed by atoms with Gasteiger partial charge in [-0.3, -0.25) is 19.4 Å². The topological polar surface area (TPSA) is 79.7 Å². The Hall–Kier alpha value is -2.43. The highest BCUT2D eigenvalue weighted by Gasteiger charge is 2.38. The first-order valence-corrected chi connectivity index (χ1v) is 9.71. The lowest BCUT2D eigenvalue weighted by Crippen LogP contribution is -2.54. The number of amides is 2. The molecule has 27 heavy (non-hydrogen) atoms. The number of carbonyl (C=O) groups is 2. The zero-order valence-corrected chi connectivity index (χ0v) is 15.4. The van der Waals surface area contributed by atoms with Crippen molar-refractivity contribution < 1.29 is 9.59 Å². The van der Waals surface area contributed by atoms with E-state index in [1.807, 2.05) is 17.0 Å². The third-order valence-corrected chi connectivity index (χ3v) is 5.64. The van der Waals surface area contributed by atoms with Crippen molar-refractivity contribution in [2.45, 2.75) is 31.3 Å². The van der Waals surface area contributed by atoms with Crippen LogP contribution in [-0.2, 0) is 9.59 Å². The highest BCUT2D eigenvalue weighted by molar-refractivity contribution is 5.99. The molecule has 3 fully saturated rings. The van der Waals surface area contributed by atoms with Crippen LogP contribution in [0.5, 0.6) is 0 Å². The second-order valence-electron chi connectivity index (χ2n) is 7.61. The number of piperazine rings is 1. The molecule has 1 aromatic rings. The molecule has 0 bridgehead atoms. The lowest BCUT2D eigenvalue weighted by molar-refractivity contribution is -0.125. The molecule has 1 atom stereocenters. The molecule has 0 radical (unpaired) electrons. The summed E-state index contributed by atoms with van der Waals surface area (Å²) in [5, 5.41) is 11.9. The molecule has 0 aromatic heterocycles. The summed E-state index contributed by atoms with van der Waals surface area (Å²) in [5.41, 5.74) is 1.46. The first-order chi connectivity index (χ1) is 13.1. The zero-order chi connectivity index (χ0) is 18.8. The Morgan fingerprint density at radius 3 is 2.41 bits per heavy atom. The first kappa shape index (κ1) is 18.0. The van der Waals surface area contributed by atoms with Crippen molar-refractivity contribution in [1.29, 1.82) is 5.26 Å². The van der Waals surface area contributed by atoms with E-state index >= 15 is 0 Å². The SMILES string of the molecule is N#Cc1ccc(N2CCC(N3CCN(CC(=O)NC4CC4)CC3)C2=O)cc1. The van der Waals surface area contributed by atoms with E-state index < -0.39 is 0 Å². The highest BCUT2D eigenvalue weighted by Crippen LogP contribution is 2.25. The van der Waals surface area contributed by atoms with Crippen LogP contribution in [0.25, 0.3) is 0 Å². The van der Waals surface area contributed by atoms with E-state index in [9.17, 15) is 9.59 Å². The van der Waals surface area contributed by atoms with Crippen molar-refractivity contribution in [3.05, 3.63) is 29.8 Å². The molecular weight excluding hydrogens is 342 g/mol. The van der Waals surface area contributed by atoms with Gasteiger partial charge in [-0.2, -0.15) is 5.26 Å². The molecular formula is C20H25N5O2. The van der Waals surface area contributed by atoms with Crippen molar-refractivity contribution >= 4 is 17.5 Å². The van der Waals surface area contributed by atoms with E-state index in [2.05, 4.69) is 21.2 Å². The molecule has 1 aliphatic carbocycles. The number of anilines is 1. The van der Waals surface area contributed by atoms with Crippen LogP contribution in [0.15, 0.2) is 24.3 Å². The highest BCUT2D eigenvalue weighted by atomic mass is 16.2. The van der Waals surface area contributed by atoms with Gasteiger partial charge in [-0.05, 0) is 43.5 Å². The molecule has 7 heteroatoms. The maximum atomic E-state index is 12.9. The van der Waals surface area contributed by atoms with Crippen LogP contribution in [0.4, 0.5) is 5.69 Å². The number of nitrogens with one attached hydrogen (secondary N) is 1. The van der Waals surface area contributed by atoms with E-state index in [4.69, 9.17) is 5.26 Å². The van der Waals surface area contributed by atoms with Gasteiger partial charge < -0.3 is 10.2 Å². The summed E-state index contributed by atoms with van der Waals surface area (Å²) >= 11 is 0.